The lowest BCUT2D eigenvalue weighted by molar-refractivity contribution is 0.194. The van der Waals surface area contributed by atoms with Gasteiger partial charge in [-0.15, -0.1) is 12.4 Å². The molecule has 0 atom stereocenters. The average molecular weight is 379 g/mol. The number of para-hydroxylation sites is 1. The van der Waals surface area contributed by atoms with Gasteiger partial charge in [-0.25, -0.2) is 0 Å². The van der Waals surface area contributed by atoms with Crippen LogP contribution in [0.25, 0.3) is 0 Å². The molecule has 0 aliphatic carbocycles. The monoisotopic (exact) mass is 378 g/mol. The van der Waals surface area contributed by atoms with Crippen LogP contribution in [0.4, 0.5) is 5.69 Å². The van der Waals surface area contributed by atoms with Crippen LogP contribution in [0.1, 0.15) is 31.7 Å². The van der Waals surface area contributed by atoms with E-state index in [2.05, 4.69) is 51.2 Å². The number of hydrogen-bond acceptors (Lipinski definition) is 4. The highest BCUT2D eigenvalue weighted by atomic mass is 35.5. The van der Waals surface area contributed by atoms with Crippen LogP contribution in [0.15, 0.2) is 24.3 Å². The molecule has 3 fully saturated rings. The van der Waals surface area contributed by atoms with E-state index in [0.717, 1.165) is 6.54 Å². The fraction of sp³-hybridized carbons (Fsp3) is 0.714. The summed E-state index contributed by atoms with van der Waals surface area (Å²) in [5.74, 6) is 0. The predicted molar refractivity (Wildman–Crippen MR) is 112 cm³/mol. The minimum Gasteiger partial charge on any atom is -0.369 e. The smallest absolute Gasteiger partial charge is 0.0412 e. The third kappa shape index (κ3) is 4.36. The number of piperazine rings is 1. The van der Waals surface area contributed by atoms with Crippen molar-refractivity contribution < 1.29 is 0 Å². The van der Waals surface area contributed by atoms with E-state index in [-0.39, 0.29) is 12.4 Å². The molecular formula is C21H35ClN4. The fourth-order valence-electron chi connectivity index (χ4n) is 5.03. The summed E-state index contributed by atoms with van der Waals surface area (Å²) >= 11 is 0. The number of piperidine rings is 1. The van der Waals surface area contributed by atoms with E-state index in [4.69, 9.17) is 0 Å². The van der Waals surface area contributed by atoms with Crippen LogP contribution in [-0.2, 0) is 6.54 Å². The summed E-state index contributed by atoms with van der Waals surface area (Å²) in [4.78, 5) is 7.88. The van der Waals surface area contributed by atoms with E-state index in [1.807, 2.05) is 0 Å². The highest BCUT2D eigenvalue weighted by Crippen LogP contribution is 2.39. The van der Waals surface area contributed by atoms with Gasteiger partial charge in [-0.2, -0.15) is 0 Å². The number of halogens is 1. The molecule has 1 N–H and O–H groups in total. The summed E-state index contributed by atoms with van der Waals surface area (Å²) in [7, 11) is 0. The van der Waals surface area contributed by atoms with Crippen molar-refractivity contribution >= 4 is 18.1 Å². The molecule has 26 heavy (non-hydrogen) atoms. The molecule has 3 heterocycles. The zero-order valence-electron chi connectivity index (χ0n) is 16.3. The number of likely N-dealkylation sites (N-methyl/N-ethyl adjacent to an activating group) is 1. The topological polar surface area (TPSA) is 21.8 Å². The van der Waals surface area contributed by atoms with Crippen molar-refractivity contribution in [2.75, 3.05) is 63.8 Å². The molecule has 0 radical (unpaired) electrons. The van der Waals surface area contributed by atoms with E-state index in [1.54, 1.807) is 0 Å². The minimum absolute atomic E-state index is 0. The first-order valence-corrected chi connectivity index (χ1v) is 10.3. The average Bonchev–Trinajstić information content (AvgIpc) is 3.05. The van der Waals surface area contributed by atoms with Crippen molar-refractivity contribution in [2.45, 2.75) is 32.7 Å². The molecule has 0 aromatic heterocycles. The second kappa shape index (κ2) is 8.92. The maximum atomic E-state index is 3.53. The Bertz CT molecular complexity index is 565. The normalized spacial score (nSPS) is 24.0. The van der Waals surface area contributed by atoms with E-state index in [9.17, 15) is 0 Å². The molecule has 0 amide bonds. The largest absolute Gasteiger partial charge is 0.369 e. The van der Waals surface area contributed by atoms with Crippen LogP contribution in [0.2, 0.25) is 0 Å². The van der Waals surface area contributed by atoms with Gasteiger partial charge in [0.25, 0.3) is 0 Å². The van der Waals surface area contributed by atoms with Crippen molar-refractivity contribution in [3.05, 3.63) is 29.8 Å². The second-order valence-electron chi connectivity index (χ2n) is 8.26. The Kier molecular flexibility index (Phi) is 6.84. The molecule has 5 heteroatoms. The Morgan fingerprint density at radius 2 is 1.65 bits per heavy atom. The van der Waals surface area contributed by atoms with Crippen LogP contribution >= 0.6 is 12.4 Å². The Morgan fingerprint density at radius 1 is 0.923 bits per heavy atom. The molecule has 3 aliphatic heterocycles. The molecule has 0 saturated carbocycles. The first-order chi connectivity index (χ1) is 12.3. The summed E-state index contributed by atoms with van der Waals surface area (Å²) in [6, 6.07) is 9.13. The molecule has 3 aliphatic rings. The molecule has 146 valence electrons. The minimum atomic E-state index is 0. The molecular weight excluding hydrogens is 344 g/mol. The third-order valence-electron chi connectivity index (χ3n) is 6.73. The number of anilines is 1. The number of nitrogens with one attached hydrogen (secondary N) is 1. The molecule has 1 aromatic carbocycles. The Labute approximate surface area is 165 Å². The number of hydrogen-bond donors (Lipinski definition) is 1. The Balaban J connectivity index is 0.00000196. The summed E-state index contributed by atoms with van der Waals surface area (Å²) in [6.45, 7) is 14.3. The third-order valence-corrected chi connectivity index (χ3v) is 6.73. The summed E-state index contributed by atoms with van der Waals surface area (Å²) in [6.07, 6.45) is 4.13. The van der Waals surface area contributed by atoms with Crippen molar-refractivity contribution in [2.24, 2.45) is 5.41 Å². The predicted octanol–water partition coefficient (Wildman–Crippen LogP) is 2.83. The van der Waals surface area contributed by atoms with E-state index in [0.29, 0.717) is 5.41 Å². The van der Waals surface area contributed by atoms with Gasteiger partial charge in [-0.1, -0.05) is 25.1 Å². The summed E-state index contributed by atoms with van der Waals surface area (Å²) in [5, 5.41) is 3.53. The second-order valence-corrected chi connectivity index (χ2v) is 8.26. The van der Waals surface area contributed by atoms with E-state index < -0.39 is 0 Å². The molecule has 0 unspecified atom stereocenters. The Morgan fingerprint density at radius 3 is 2.38 bits per heavy atom. The van der Waals surface area contributed by atoms with E-state index >= 15 is 0 Å². The summed E-state index contributed by atoms with van der Waals surface area (Å²) < 4.78 is 0. The van der Waals surface area contributed by atoms with Crippen molar-refractivity contribution in [3.8, 4) is 0 Å². The lowest BCUT2D eigenvalue weighted by atomic mass is 9.78. The van der Waals surface area contributed by atoms with Gasteiger partial charge in [-0.05, 0) is 62.5 Å². The molecule has 1 aromatic rings. The first kappa shape index (κ1) is 19.9. The number of nitrogens with zero attached hydrogens (tertiary/aromatic N) is 3. The zero-order valence-corrected chi connectivity index (χ0v) is 17.1. The highest BCUT2D eigenvalue weighted by molar-refractivity contribution is 5.85. The zero-order chi connectivity index (χ0) is 17.1. The van der Waals surface area contributed by atoms with Crippen LogP contribution in [-0.4, -0.2) is 68.7 Å². The highest BCUT2D eigenvalue weighted by Gasteiger charge is 2.38. The number of benzene rings is 1. The Hall–Kier alpha value is -0.810. The molecule has 1 spiro atoms. The van der Waals surface area contributed by atoms with Gasteiger partial charge in [0.15, 0.2) is 0 Å². The first-order valence-electron chi connectivity index (χ1n) is 10.3. The van der Waals surface area contributed by atoms with Gasteiger partial charge in [-0.3, -0.25) is 4.90 Å². The van der Waals surface area contributed by atoms with Crippen LogP contribution < -0.4 is 10.2 Å². The standard InChI is InChI=1S/C21H34N4.ClH/c1-2-23-13-15-25(16-14-23)20-6-4-3-5-19(20)17-24-12-9-21(18-24)7-10-22-11-8-21;/h3-6,22H,2,7-18H2,1H3;1H. The molecule has 4 rings (SSSR count). The van der Waals surface area contributed by atoms with Gasteiger partial charge >= 0.3 is 0 Å². The van der Waals surface area contributed by atoms with Crippen LogP contribution in [0.5, 0.6) is 0 Å². The maximum absolute atomic E-state index is 3.53. The molecule has 4 nitrogen and oxygen atoms in total. The van der Waals surface area contributed by atoms with Crippen molar-refractivity contribution in [1.82, 2.24) is 15.1 Å². The lowest BCUT2D eigenvalue weighted by Crippen LogP contribution is -2.46. The van der Waals surface area contributed by atoms with Gasteiger partial charge in [0, 0.05) is 45.0 Å². The fourth-order valence-corrected chi connectivity index (χ4v) is 5.03. The van der Waals surface area contributed by atoms with Crippen LogP contribution in [0, 0.1) is 5.41 Å². The number of likely N-dealkylation sites (tertiary alicyclic amines) is 1. The quantitative estimate of drug-likeness (QED) is 0.869. The molecule has 3 saturated heterocycles. The molecule has 0 bridgehead atoms. The van der Waals surface area contributed by atoms with Gasteiger partial charge in [0.2, 0.25) is 0 Å². The van der Waals surface area contributed by atoms with Gasteiger partial charge < -0.3 is 15.1 Å². The van der Waals surface area contributed by atoms with E-state index in [1.165, 1.54) is 89.4 Å². The van der Waals surface area contributed by atoms with Gasteiger partial charge in [0.05, 0.1) is 0 Å². The van der Waals surface area contributed by atoms with Crippen molar-refractivity contribution in [1.29, 1.82) is 0 Å². The van der Waals surface area contributed by atoms with Gasteiger partial charge in [0.1, 0.15) is 0 Å². The maximum Gasteiger partial charge on any atom is 0.0412 e. The van der Waals surface area contributed by atoms with Crippen LogP contribution in [0.3, 0.4) is 0 Å². The SMILES string of the molecule is CCN1CCN(c2ccccc2CN2CCC3(CCNCC3)C2)CC1.Cl. The number of rotatable bonds is 4. The van der Waals surface area contributed by atoms with Crippen molar-refractivity contribution in [3.63, 3.8) is 0 Å². The lowest BCUT2D eigenvalue weighted by Gasteiger charge is -2.37. The summed E-state index contributed by atoms with van der Waals surface area (Å²) in [5.41, 5.74) is 3.61.